The highest BCUT2D eigenvalue weighted by molar-refractivity contribution is 6.23. The molecule has 1 atom stereocenters. The van der Waals surface area contributed by atoms with Gasteiger partial charge in [-0.2, -0.15) is 0 Å². The Balaban J connectivity index is 1.79. The number of para-hydroxylation sites is 1. The predicted molar refractivity (Wildman–Crippen MR) is 104 cm³/mol. The third-order valence-electron chi connectivity index (χ3n) is 4.56. The second-order valence-electron chi connectivity index (χ2n) is 6.49. The maximum Gasteiger partial charge on any atom is 0.262 e. The summed E-state index contributed by atoms with van der Waals surface area (Å²) in [5.41, 5.74) is 1.21. The SMILES string of the molecule is CCCNC(=O)c1ccccc1NC(=O)C(C)N1C(=O)c2ccccc2C1=O. The summed E-state index contributed by atoms with van der Waals surface area (Å²) in [7, 11) is 0. The minimum Gasteiger partial charge on any atom is -0.352 e. The van der Waals surface area contributed by atoms with Crippen molar-refractivity contribution in [1.29, 1.82) is 0 Å². The van der Waals surface area contributed by atoms with E-state index < -0.39 is 23.8 Å². The van der Waals surface area contributed by atoms with Crippen LogP contribution in [-0.4, -0.2) is 41.1 Å². The maximum absolute atomic E-state index is 12.7. The lowest BCUT2D eigenvalue weighted by Gasteiger charge is -2.22. The van der Waals surface area contributed by atoms with E-state index in [-0.39, 0.29) is 17.0 Å². The average molecular weight is 379 g/mol. The van der Waals surface area contributed by atoms with Crippen molar-refractivity contribution in [1.82, 2.24) is 10.2 Å². The molecule has 4 amide bonds. The summed E-state index contributed by atoms with van der Waals surface area (Å²) >= 11 is 0. The van der Waals surface area contributed by atoms with E-state index in [0.717, 1.165) is 11.3 Å². The highest BCUT2D eigenvalue weighted by Crippen LogP contribution is 2.25. The quantitative estimate of drug-likeness (QED) is 0.754. The number of rotatable bonds is 6. The van der Waals surface area contributed by atoms with Crippen LogP contribution in [0.1, 0.15) is 51.3 Å². The van der Waals surface area contributed by atoms with Gasteiger partial charge in [0.1, 0.15) is 6.04 Å². The van der Waals surface area contributed by atoms with Crippen LogP contribution in [0, 0.1) is 0 Å². The van der Waals surface area contributed by atoms with Crippen LogP contribution >= 0.6 is 0 Å². The third-order valence-corrected chi connectivity index (χ3v) is 4.56. The molecule has 1 unspecified atom stereocenters. The molecule has 7 nitrogen and oxygen atoms in total. The number of fused-ring (bicyclic) bond motifs is 1. The summed E-state index contributed by atoms with van der Waals surface area (Å²) < 4.78 is 0. The Kier molecular flexibility index (Phi) is 5.54. The fourth-order valence-corrected chi connectivity index (χ4v) is 3.04. The minimum absolute atomic E-state index is 0.284. The molecule has 0 bridgehead atoms. The van der Waals surface area contributed by atoms with Crippen LogP contribution < -0.4 is 10.6 Å². The number of hydrogen-bond acceptors (Lipinski definition) is 4. The molecule has 144 valence electrons. The molecule has 1 aliphatic rings. The Bertz CT molecular complexity index is 919. The van der Waals surface area contributed by atoms with Crippen molar-refractivity contribution in [2.75, 3.05) is 11.9 Å². The number of amides is 4. The molecule has 2 aromatic rings. The van der Waals surface area contributed by atoms with Gasteiger partial charge in [-0.3, -0.25) is 24.1 Å². The summed E-state index contributed by atoms with van der Waals surface area (Å²) in [6, 6.07) is 12.0. The molecule has 7 heteroatoms. The first-order valence-corrected chi connectivity index (χ1v) is 9.10. The van der Waals surface area contributed by atoms with E-state index in [9.17, 15) is 19.2 Å². The summed E-state index contributed by atoms with van der Waals surface area (Å²) in [6.07, 6.45) is 0.789. The fraction of sp³-hybridized carbons (Fsp3) is 0.238. The van der Waals surface area contributed by atoms with E-state index in [0.29, 0.717) is 17.8 Å². The molecule has 1 aliphatic heterocycles. The minimum atomic E-state index is -1.03. The van der Waals surface area contributed by atoms with Crippen LogP contribution in [-0.2, 0) is 4.79 Å². The highest BCUT2D eigenvalue weighted by atomic mass is 16.2. The lowest BCUT2D eigenvalue weighted by atomic mass is 10.1. The second-order valence-corrected chi connectivity index (χ2v) is 6.49. The summed E-state index contributed by atoms with van der Waals surface area (Å²) in [5, 5.41) is 5.43. The Hall–Kier alpha value is -3.48. The van der Waals surface area contributed by atoms with Gasteiger partial charge in [0.2, 0.25) is 5.91 Å². The molecule has 28 heavy (non-hydrogen) atoms. The van der Waals surface area contributed by atoms with Crippen molar-refractivity contribution in [2.24, 2.45) is 0 Å². The van der Waals surface area contributed by atoms with Gasteiger partial charge in [-0.1, -0.05) is 31.2 Å². The Morgan fingerprint density at radius 3 is 2.14 bits per heavy atom. The molecule has 2 aromatic carbocycles. The number of carbonyl (C=O) groups excluding carboxylic acids is 4. The second kappa shape index (κ2) is 8.04. The Morgan fingerprint density at radius 1 is 0.964 bits per heavy atom. The van der Waals surface area contributed by atoms with Crippen molar-refractivity contribution >= 4 is 29.3 Å². The summed E-state index contributed by atoms with van der Waals surface area (Å²) in [5.74, 6) is -1.86. The zero-order valence-corrected chi connectivity index (χ0v) is 15.7. The van der Waals surface area contributed by atoms with Crippen molar-refractivity contribution < 1.29 is 19.2 Å². The summed E-state index contributed by atoms with van der Waals surface area (Å²) in [4.78, 5) is 51.1. The lowest BCUT2D eigenvalue weighted by molar-refractivity contribution is -0.119. The van der Waals surface area contributed by atoms with Gasteiger partial charge in [-0.15, -0.1) is 0 Å². The third kappa shape index (κ3) is 3.51. The molecule has 0 saturated carbocycles. The van der Waals surface area contributed by atoms with Crippen molar-refractivity contribution in [2.45, 2.75) is 26.3 Å². The van der Waals surface area contributed by atoms with Gasteiger partial charge in [0.25, 0.3) is 17.7 Å². The van der Waals surface area contributed by atoms with Crippen LogP contribution in [0.15, 0.2) is 48.5 Å². The van der Waals surface area contributed by atoms with E-state index in [1.165, 1.54) is 6.92 Å². The number of imide groups is 1. The molecular weight excluding hydrogens is 358 g/mol. The van der Waals surface area contributed by atoms with E-state index >= 15 is 0 Å². The highest BCUT2D eigenvalue weighted by Gasteiger charge is 2.40. The van der Waals surface area contributed by atoms with Gasteiger partial charge in [-0.25, -0.2) is 0 Å². The molecule has 0 aromatic heterocycles. The van der Waals surface area contributed by atoms with Gasteiger partial charge in [0.15, 0.2) is 0 Å². The van der Waals surface area contributed by atoms with Crippen LogP contribution in [0.25, 0.3) is 0 Å². The van der Waals surface area contributed by atoms with Crippen LogP contribution in [0.4, 0.5) is 5.69 Å². The number of anilines is 1. The van der Waals surface area contributed by atoms with Gasteiger partial charge in [-0.05, 0) is 37.6 Å². The monoisotopic (exact) mass is 379 g/mol. The molecular formula is C21H21N3O4. The molecule has 1 heterocycles. The molecule has 3 rings (SSSR count). The number of nitrogens with one attached hydrogen (secondary N) is 2. The smallest absolute Gasteiger partial charge is 0.262 e. The number of nitrogens with zero attached hydrogens (tertiary/aromatic N) is 1. The average Bonchev–Trinajstić information content (AvgIpc) is 2.96. The number of benzene rings is 2. The van der Waals surface area contributed by atoms with Gasteiger partial charge >= 0.3 is 0 Å². The van der Waals surface area contributed by atoms with E-state index in [1.54, 1.807) is 48.5 Å². The molecule has 0 aliphatic carbocycles. The standard InChI is InChI=1S/C21H21N3O4/c1-3-12-22-19(26)16-10-6-7-11-17(16)23-18(25)13(2)24-20(27)14-8-4-5-9-15(14)21(24)28/h4-11,13H,3,12H2,1-2H3,(H,22,26)(H,23,25). The molecule has 0 fully saturated rings. The molecule has 2 N–H and O–H groups in total. The van der Waals surface area contributed by atoms with Crippen LogP contribution in [0.3, 0.4) is 0 Å². The van der Waals surface area contributed by atoms with E-state index in [4.69, 9.17) is 0 Å². The first-order valence-electron chi connectivity index (χ1n) is 9.10. The lowest BCUT2D eigenvalue weighted by Crippen LogP contribution is -2.45. The zero-order chi connectivity index (χ0) is 20.3. The van der Waals surface area contributed by atoms with Gasteiger partial charge in [0, 0.05) is 6.54 Å². The number of carbonyl (C=O) groups is 4. The maximum atomic E-state index is 12.7. The first kappa shape index (κ1) is 19.3. The van der Waals surface area contributed by atoms with Crippen LogP contribution in [0.5, 0.6) is 0 Å². The molecule has 0 radical (unpaired) electrons. The topological polar surface area (TPSA) is 95.6 Å². The van der Waals surface area contributed by atoms with E-state index in [2.05, 4.69) is 10.6 Å². The van der Waals surface area contributed by atoms with Gasteiger partial charge in [0.05, 0.1) is 22.4 Å². The van der Waals surface area contributed by atoms with Crippen LogP contribution in [0.2, 0.25) is 0 Å². The zero-order valence-electron chi connectivity index (χ0n) is 15.7. The molecule has 0 spiro atoms. The van der Waals surface area contributed by atoms with Crippen molar-refractivity contribution in [3.63, 3.8) is 0 Å². The summed E-state index contributed by atoms with van der Waals surface area (Å²) in [6.45, 7) is 3.95. The van der Waals surface area contributed by atoms with Gasteiger partial charge < -0.3 is 10.6 Å². The fourth-order valence-electron chi connectivity index (χ4n) is 3.04. The Labute approximate surface area is 162 Å². The Morgan fingerprint density at radius 2 is 1.54 bits per heavy atom. The predicted octanol–water partition coefficient (Wildman–Crippen LogP) is 2.45. The largest absolute Gasteiger partial charge is 0.352 e. The van der Waals surface area contributed by atoms with E-state index in [1.807, 2.05) is 6.92 Å². The molecule has 0 saturated heterocycles. The number of hydrogen-bond donors (Lipinski definition) is 2. The van der Waals surface area contributed by atoms with Crippen molar-refractivity contribution in [3.05, 3.63) is 65.2 Å². The first-order chi connectivity index (χ1) is 13.5. The van der Waals surface area contributed by atoms with Crippen molar-refractivity contribution in [3.8, 4) is 0 Å². The normalized spacial score (nSPS) is 13.9.